The van der Waals surface area contributed by atoms with E-state index in [4.69, 9.17) is 5.73 Å². The van der Waals surface area contributed by atoms with Gasteiger partial charge in [0.2, 0.25) is 0 Å². The van der Waals surface area contributed by atoms with Crippen molar-refractivity contribution in [3.05, 3.63) is 18.0 Å². The van der Waals surface area contributed by atoms with Crippen LogP contribution in [-0.2, 0) is 5.54 Å². The summed E-state index contributed by atoms with van der Waals surface area (Å²) < 4.78 is 1.91. The van der Waals surface area contributed by atoms with Crippen LogP contribution in [0.5, 0.6) is 0 Å². The molecule has 11 heavy (non-hydrogen) atoms. The van der Waals surface area contributed by atoms with Crippen LogP contribution in [0.3, 0.4) is 0 Å². The number of rotatable bonds is 2. The van der Waals surface area contributed by atoms with Crippen LogP contribution in [0.2, 0.25) is 0 Å². The second-order valence-electron chi connectivity index (χ2n) is 3.48. The number of aryl methyl sites for hydroxylation is 1. The Hall–Kier alpha value is -0.830. The maximum absolute atomic E-state index is 5.59. The molecule has 0 radical (unpaired) electrons. The highest BCUT2D eigenvalue weighted by atomic mass is 15.3. The standard InChI is InChI=1S/C8H15N3/c1-7-4-10-11(5-7)8(2,3)6-9/h4-5H,6,9H2,1-3H3. The van der Waals surface area contributed by atoms with Crippen molar-refractivity contribution in [1.82, 2.24) is 9.78 Å². The molecule has 0 spiro atoms. The molecule has 0 aromatic carbocycles. The number of hydrogen-bond acceptors (Lipinski definition) is 2. The zero-order valence-electron chi connectivity index (χ0n) is 7.33. The van der Waals surface area contributed by atoms with E-state index in [1.54, 1.807) is 0 Å². The molecule has 3 nitrogen and oxygen atoms in total. The molecule has 3 heteroatoms. The molecule has 0 unspecified atom stereocenters. The van der Waals surface area contributed by atoms with Crippen LogP contribution in [0.25, 0.3) is 0 Å². The third kappa shape index (κ3) is 1.60. The Kier molecular flexibility index (Phi) is 2.00. The van der Waals surface area contributed by atoms with Crippen molar-refractivity contribution >= 4 is 0 Å². The summed E-state index contributed by atoms with van der Waals surface area (Å²) in [5, 5.41) is 4.19. The summed E-state index contributed by atoms with van der Waals surface area (Å²) in [4.78, 5) is 0. The Balaban J connectivity index is 2.92. The quantitative estimate of drug-likeness (QED) is 0.685. The van der Waals surface area contributed by atoms with Crippen LogP contribution in [-0.4, -0.2) is 16.3 Å². The summed E-state index contributed by atoms with van der Waals surface area (Å²) >= 11 is 0. The number of hydrogen-bond donors (Lipinski definition) is 1. The third-order valence-electron chi connectivity index (χ3n) is 1.83. The molecular formula is C8H15N3. The Morgan fingerprint density at radius 1 is 1.64 bits per heavy atom. The first kappa shape index (κ1) is 8.27. The van der Waals surface area contributed by atoms with Gasteiger partial charge >= 0.3 is 0 Å². The molecule has 0 saturated heterocycles. The molecule has 1 aromatic rings. The monoisotopic (exact) mass is 153 g/mol. The summed E-state index contributed by atoms with van der Waals surface area (Å²) in [6, 6.07) is 0. The number of nitrogens with two attached hydrogens (primary N) is 1. The van der Waals surface area contributed by atoms with E-state index < -0.39 is 0 Å². The van der Waals surface area contributed by atoms with E-state index >= 15 is 0 Å². The van der Waals surface area contributed by atoms with Gasteiger partial charge in [0.1, 0.15) is 0 Å². The number of nitrogens with zero attached hydrogens (tertiary/aromatic N) is 2. The van der Waals surface area contributed by atoms with Gasteiger partial charge in [0.25, 0.3) is 0 Å². The molecule has 0 aliphatic heterocycles. The van der Waals surface area contributed by atoms with Crippen molar-refractivity contribution in [2.75, 3.05) is 6.54 Å². The maximum Gasteiger partial charge on any atom is 0.0693 e. The summed E-state index contributed by atoms with van der Waals surface area (Å²) in [6.45, 7) is 6.77. The van der Waals surface area contributed by atoms with Gasteiger partial charge in [-0.25, -0.2) is 0 Å². The van der Waals surface area contributed by atoms with Crippen LogP contribution in [0.1, 0.15) is 19.4 Å². The lowest BCUT2D eigenvalue weighted by atomic mass is 10.1. The Labute approximate surface area is 67.2 Å². The minimum Gasteiger partial charge on any atom is -0.328 e. The molecule has 0 atom stereocenters. The molecule has 0 aliphatic carbocycles. The van der Waals surface area contributed by atoms with Crippen molar-refractivity contribution in [2.24, 2.45) is 5.73 Å². The van der Waals surface area contributed by atoms with Crippen molar-refractivity contribution < 1.29 is 0 Å². The average molecular weight is 153 g/mol. The molecular weight excluding hydrogens is 138 g/mol. The topological polar surface area (TPSA) is 43.8 Å². The second-order valence-corrected chi connectivity index (χ2v) is 3.48. The van der Waals surface area contributed by atoms with E-state index in [2.05, 4.69) is 18.9 Å². The highest BCUT2D eigenvalue weighted by molar-refractivity contribution is 5.01. The predicted molar refractivity (Wildman–Crippen MR) is 45.3 cm³/mol. The first-order chi connectivity index (χ1) is 5.06. The van der Waals surface area contributed by atoms with Crippen LogP contribution in [0, 0.1) is 6.92 Å². The fourth-order valence-electron chi connectivity index (χ4n) is 0.837. The Morgan fingerprint density at radius 3 is 2.64 bits per heavy atom. The normalized spacial score (nSPS) is 12.0. The van der Waals surface area contributed by atoms with Gasteiger partial charge in [0, 0.05) is 12.7 Å². The largest absolute Gasteiger partial charge is 0.328 e. The van der Waals surface area contributed by atoms with E-state index in [1.165, 1.54) is 5.56 Å². The second kappa shape index (κ2) is 2.66. The molecule has 1 aromatic heterocycles. The van der Waals surface area contributed by atoms with Crippen molar-refractivity contribution in [3.63, 3.8) is 0 Å². The third-order valence-corrected chi connectivity index (χ3v) is 1.83. The molecule has 0 bridgehead atoms. The first-order valence-electron chi connectivity index (χ1n) is 3.78. The average Bonchev–Trinajstić information content (AvgIpc) is 2.36. The van der Waals surface area contributed by atoms with Gasteiger partial charge < -0.3 is 5.73 Å². The van der Waals surface area contributed by atoms with E-state index in [0.717, 1.165) is 0 Å². The fraction of sp³-hybridized carbons (Fsp3) is 0.625. The molecule has 62 valence electrons. The summed E-state index contributed by atoms with van der Waals surface area (Å²) in [6.07, 6.45) is 3.85. The summed E-state index contributed by atoms with van der Waals surface area (Å²) in [5.74, 6) is 0. The van der Waals surface area contributed by atoms with Crippen molar-refractivity contribution in [3.8, 4) is 0 Å². The van der Waals surface area contributed by atoms with Crippen molar-refractivity contribution in [2.45, 2.75) is 26.3 Å². The lowest BCUT2D eigenvalue weighted by Gasteiger charge is -2.22. The summed E-state index contributed by atoms with van der Waals surface area (Å²) in [5.41, 5.74) is 6.70. The van der Waals surface area contributed by atoms with E-state index in [-0.39, 0.29) is 5.54 Å². The van der Waals surface area contributed by atoms with E-state index in [1.807, 2.05) is 24.0 Å². The lowest BCUT2D eigenvalue weighted by Crippen LogP contribution is -2.35. The Morgan fingerprint density at radius 2 is 2.27 bits per heavy atom. The van der Waals surface area contributed by atoms with Gasteiger partial charge in [0.15, 0.2) is 0 Å². The molecule has 0 fully saturated rings. The van der Waals surface area contributed by atoms with Crippen LogP contribution in [0.4, 0.5) is 0 Å². The van der Waals surface area contributed by atoms with Gasteiger partial charge in [0.05, 0.1) is 11.7 Å². The van der Waals surface area contributed by atoms with Crippen LogP contribution >= 0.6 is 0 Å². The van der Waals surface area contributed by atoms with Gasteiger partial charge in [-0.15, -0.1) is 0 Å². The smallest absolute Gasteiger partial charge is 0.0693 e. The SMILES string of the molecule is Cc1cnn(C(C)(C)CN)c1. The first-order valence-corrected chi connectivity index (χ1v) is 3.78. The molecule has 0 saturated carbocycles. The highest BCUT2D eigenvalue weighted by Crippen LogP contribution is 2.11. The van der Waals surface area contributed by atoms with Gasteiger partial charge in [-0.05, 0) is 26.3 Å². The zero-order valence-corrected chi connectivity index (χ0v) is 7.33. The molecule has 1 heterocycles. The van der Waals surface area contributed by atoms with Gasteiger partial charge in [-0.1, -0.05) is 0 Å². The zero-order chi connectivity index (χ0) is 8.48. The van der Waals surface area contributed by atoms with Gasteiger partial charge in [-0.3, -0.25) is 4.68 Å². The maximum atomic E-state index is 5.59. The fourth-order valence-corrected chi connectivity index (χ4v) is 0.837. The van der Waals surface area contributed by atoms with Crippen LogP contribution in [0.15, 0.2) is 12.4 Å². The number of aromatic nitrogens is 2. The lowest BCUT2D eigenvalue weighted by molar-refractivity contribution is 0.330. The highest BCUT2D eigenvalue weighted by Gasteiger charge is 2.17. The molecule has 0 aliphatic rings. The molecule has 2 N–H and O–H groups in total. The van der Waals surface area contributed by atoms with E-state index in [9.17, 15) is 0 Å². The molecule has 0 amide bonds. The summed E-state index contributed by atoms with van der Waals surface area (Å²) in [7, 11) is 0. The molecule has 1 rings (SSSR count). The van der Waals surface area contributed by atoms with E-state index in [0.29, 0.717) is 6.54 Å². The minimum absolute atomic E-state index is 0.0613. The van der Waals surface area contributed by atoms with Gasteiger partial charge in [-0.2, -0.15) is 5.10 Å². The van der Waals surface area contributed by atoms with Crippen LogP contribution < -0.4 is 5.73 Å². The Bertz CT molecular complexity index is 237. The predicted octanol–water partition coefficient (Wildman–Crippen LogP) is 0.885. The van der Waals surface area contributed by atoms with Crippen molar-refractivity contribution in [1.29, 1.82) is 0 Å². The minimum atomic E-state index is -0.0613.